The number of nitrogens with zero attached hydrogens (tertiary/aromatic N) is 5. The Hall–Kier alpha value is -3.41. The molecule has 2 aliphatic carbocycles. The van der Waals surface area contributed by atoms with Crippen LogP contribution in [0.5, 0.6) is 0 Å². The number of benzene rings is 1. The molecule has 0 aliphatic heterocycles. The SMILES string of the molecule is C[C@@H](NC1CC(F)(F)C1)c1nc(C(F)(F)F)cc2c(-c3cccc([C@H](c4nncn4C)C4CCC4)c3)n[nH]c12. The van der Waals surface area contributed by atoms with E-state index in [4.69, 9.17) is 0 Å². The van der Waals surface area contributed by atoms with Crippen LogP contribution in [0.25, 0.3) is 22.2 Å². The van der Waals surface area contributed by atoms with Gasteiger partial charge < -0.3 is 9.88 Å². The third-order valence-electron chi connectivity index (χ3n) is 8.02. The summed E-state index contributed by atoms with van der Waals surface area (Å²) in [7, 11) is 1.90. The van der Waals surface area contributed by atoms with E-state index in [2.05, 4.69) is 30.7 Å². The van der Waals surface area contributed by atoms with Crippen LogP contribution in [-0.2, 0) is 13.2 Å². The number of fused-ring (bicyclic) bond motifs is 1. The van der Waals surface area contributed by atoms with E-state index >= 15 is 0 Å². The van der Waals surface area contributed by atoms with E-state index < -0.39 is 29.9 Å². The van der Waals surface area contributed by atoms with Gasteiger partial charge in [0.1, 0.15) is 23.5 Å². The maximum atomic E-state index is 13.9. The molecular formula is C27H28F5N7. The second-order valence-electron chi connectivity index (χ2n) is 10.8. The molecule has 0 bridgehead atoms. The minimum absolute atomic E-state index is 0.00389. The smallest absolute Gasteiger partial charge is 0.320 e. The van der Waals surface area contributed by atoms with Crippen molar-refractivity contribution in [3.63, 3.8) is 0 Å². The fourth-order valence-electron chi connectivity index (χ4n) is 5.79. The monoisotopic (exact) mass is 545 g/mol. The van der Waals surface area contributed by atoms with Crippen LogP contribution in [0.15, 0.2) is 36.7 Å². The average molecular weight is 546 g/mol. The van der Waals surface area contributed by atoms with E-state index in [0.29, 0.717) is 22.7 Å². The maximum Gasteiger partial charge on any atom is 0.433 e. The van der Waals surface area contributed by atoms with Gasteiger partial charge in [-0.1, -0.05) is 24.6 Å². The number of aromatic amines is 1. The Bertz CT molecular complexity index is 1500. The average Bonchev–Trinajstić information content (AvgIpc) is 3.45. The number of aryl methyl sites for hydroxylation is 1. The molecule has 0 unspecified atom stereocenters. The molecule has 2 atom stereocenters. The molecule has 12 heteroatoms. The molecule has 6 rings (SSSR count). The normalized spacial score (nSPS) is 19.6. The predicted octanol–water partition coefficient (Wildman–Crippen LogP) is 6.15. The Balaban J connectivity index is 1.41. The zero-order chi connectivity index (χ0) is 27.5. The van der Waals surface area contributed by atoms with Crippen molar-refractivity contribution in [3.05, 3.63) is 59.4 Å². The molecule has 206 valence electrons. The highest BCUT2D eigenvalue weighted by atomic mass is 19.4. The summed E-state index contributed by atoms with van der Waals surface area (Å²) in [6.07, 6.45) is -0.461. The second kappa shape index (κ2) is 9.35. The number of hydrogen-bond donors (Lipinski definition) is 2. The summed E-state index contributed by atoms with van der Waals surface area (Å²) in [5.74, 6) is -1.50. The second-order valence-corrected chi connectivity index (χ2v) is 10.8. The number of hydrogen-bond acceptors (Lipinski definition) is 5. The summed E-state index contributed by atoms with van der Waals surface area (Å²) >= 11 is 0. The van der Waals surface area contributed by atoms with Crippen molar-refractivity contribution in [2.45, 2.75) is 69.1 Å². The zero-order valence-corrected chi connectivity index (χ0v) is 21.4. The molecule has 0 amide bonds. The topological polar surface area (TPSA) is 84.3 Å². The highest BCUT2D eigenvalue weighted by Gasteiger charge is 2.46. The van der Waals surface area contributed by atoms with Crippen molar-refractivity contribution in [2.24, 2.45) is 13.0 Å². The van der Waals surface area contributed by atoms with Crippen LogP contribution in [0.3, 0.4) is 0 Å². The number of rotatable bonds is 7. The first-order chi connectivity index (χ1) is 18.5. The Morgan fingerprint density at radius 1 is 1.15 bits per heavy atom. The van der Waals surface area contributed by atoms with E-state index in [1.807, 2.05) is 35.9 Å². The van der Waals surface area contributed by atoms with Crippen molar-refractivity contribution in [1.82, 2.24) is 35.3 Å². The molecule has 2 fully saturated rings. The summed E-state index contributed by atoms with van der Waals surface area (Å²) < 4.78 is 70.3. The van der Waals surface area contributed by atoms with Gasteiger partial charge in [0.25, 0.3) is 5.92 Å². The molecule has 0 saturated heterocycles. The van der Waals surface area contributed by atoms with Crippen LogP contribution < -0.4 is 5.32 Å². The highest BCUT2D eigenvalue weighted by molar-refractivity contribution is 5.94. The fraction of sp³-hybridized carbons (Fsp3) is 0.481. The molecule has 0 spiro atoms. The molecular weight excluding hydrogens is 517 g/mol. The van der Waals surface area contributed by atoms with Crippen molar-refractivity contribution >= 4 is 10.9 Å². The zero-order valence-electron chi connectivity index (χ0n) is 21.4. The molecule has 3 aromatic heterocycles. The van der Waals surface area contributed by atoms with Gasteiger partial charge in [-0.25, -0.2) is 13.8 Å². The van der Waals surface area contributed by atoms with Crippen LogP contribution in [0.2, 0.25) is 0 Å². The van der Waals surface area contributed by atoms with Crippen LogP contribution >= 0.6 is 0 Å². The van der Waals surface area contributed by atoms with Crippen molar-refractivity contribution in [3.8, 4) is 11.3 Å². The Morgan fingerprint density at radius 3 is 2.54 bits per heavy atom. The number of pyridine rings is 1. The molecule has 2 N–H and O–H groups in total. The Kier molecular flexibility index (Phi) is 6.20. The lowest BCUT2D eigenvalue weighted by Crippen LogP contribution is -2.49. The lowest BCUT2D eigenvalue weighted by Gasteiger charge is -2.37. The van der Waals surface area contributed by atoms with E-state index in [1.54, 1.807) is 13.3 Å². The first kappa shape index (κ1) is 25.8. The Labute approximate surface area is 221 Å². The van der Waals surface area contributed by atoms with Crippen LogP contribution in [0, 0.1) is 5.92 Å². The van der Waals surface area contributed by atoms with E-state index in [-0.39, 0.29) is 29.8 Å². The molecule has 4 aromatic rings. The van der Waals surface area contributed by atoms with Crippen molar-refractivity contribution < 1.29 is 22.0 Å². The molecule has 0 radical (unpaired) electrons. The van der Waals surface area contributed by atoms with Crippen LogP contribution in [0.4, 0.5) is 22.0 Å². The Morgan fingerprint density at radius 2 is 1.92 bits per heavy atom. The fourth-order valence-corrected chi connectivity index (χ4v) is 5.79. The number of aromatic nitrogens is 6. The summed E-state index contributed by atoms with van der Waals surface area (Å²) in [6, 6.07) is 7.46. The largest absolute Gasteiger partial charge is 0.433 e. The van der Waals surface area contributed by atoms with Crippen molar-refractivity contribution in [1.29, 1.82) is 0 Å². The number of alkyl halides is 5. The van der Waals surface area contributed by atoms with Gasteiger partial charge in [0, 0.05) is 48.8 Å². The highest BCUT2D eigenvalue weighted by Crippen LogP contribution is 2.44. The molecule has 2 saturated carbocycles. The number of nitrogens with one attached hydrogen (secondary N) is 2. The first-order valence-corrected chi connectivity index (χ1v) is 13.0. The van der Waals surface area contributed by atoms with Gasteiger partial charge in [0.05, 0.1) is 11.2 Å². The van der Waals surface area contributed by atoms with Gasteiger partial charge in [-0.2, -0.15) is 18.3 Å². The number of halogens is 5. The summed E-state index contributed by atoms with van der Waals surface area (Å²) in [5, 5.41) is 19.0. The van der Waals surface area contributed by atoms with E-state index in [0.717, 1.165) is 36.7 Å². The lowest BCUT2D eigenvalue weighted by atomic mass is 9.72. The third kappa shape index (κ3) is 4.79. The van der Waals surface area contributed by atoms with Gasteiger partial charge in [-0.05, 0) is 43.4 Å². The summed E-state index contributed by atoms with van der Waals surface area (Å²) in [4.78, 5) is 3.89. The molecule has 7 nitrogen and oxygen atoms in total. The maximum absolute atomic E-state index is 13.9. The summed E-state index contributed by atoms with van der Waals surface area (Å²) in [6.45, 7) is 1.63. The van der Waals surface area contributed by atoms with Gasteiger partial charge in [0.15, 0.2) is 0 Å². The predicted molar refractivity (Wildman–Crippen MR) is 134 cm³/mol. The van der Waals surface area contributed by atoms with Gasteiger partial charge in [-0.3, -0.25) is 5.10 Å². The van der Waals surface area contributed by atoms with Crippen LogP contribution in [-0.4, -0.2) is 41.9 Å². The minimum Gasteiger partial charge on any atom is -0.320 e. The van der Waals surface area contributed by atoms with Crippen LogP contribution in [0.1, 0.15) is 73.8 Å². The third-order valence-corrected chi connectivity index (χ3v) is 8.02. The van der Waals surface area contributed by atoms with E-state index in [1.165, 1.54) is 0 Å². The van der Waals surface area contributed by atoms with Crippen molar-refractivity contribution in [2.75, 3.05) is 0 Å². The van der Waals surface area contributed by atoms with Gasteiger partial charge in [-0.15, -0.1) is 10.2 Å². The van der Waals surface area contributed by atoms with E-state index in [9.17, 15) is 22.0 Å². The minimum atomic E-state index is -4.69. The summed E-state index contributed by atoms with van der Waals surface area (Å²) in [5.41, 5.74) is 1.41. The standard InChI is InChI=1S/C27H28F5N7/c1-14(34-18-11-26(28,29)12-18)22-24-19(10-20(35-22)27(30,31)32)23(36-37-24)17-8-4-7-16(9-17)21(15-5-3-6-15)25-38-33-13-39(25)2/h4,7-10,13-15,18,21,34H,3,5-6,11-12H2,1-2H3,(H,36,37)/t14-,21-/m1/s1. The molecule has 39 heavy (non-hydrogen) atoms. The lowest BCUT2D eigenvalue weighted by molar-refractivity contribution is -0.141. The molecule has 2 aliphatic rings. The van der Waals surface area contributed by atoms with Gasteiger partial charge in [0.2, 0.25) is 0 Å². The number of H-pyrrole nitrogens is 1. The molecule has 3 heterocycles. The first-order valence-electron chi connectivity index (χ1n) is 13.0. The quantitative estimate of drug-likeness (QED) is 0.272. The molecule has 1 aromatic carbocycles. The van der Waals surface area contributed by atoms with Gasteiger partial charge >= 0.3 is 6.18 Å².